The third-order valence-corrected chi connectivity index (χ3v) is 7.36. The average Bonchev–Trinajstić information content (AvgIpc) is 2.67. The van der Waals surface area contributed by atoms with Gasteiger partial charge in [-0.3, -0.25) is 9.59 Å². The van der Waals surface area contributed by atoms with Crippen LogP contribution in [0, 0.1) is 35.5 Å². The summed E-state index contributed by atoms with van der Waals surface area (Å²) in [4.78, 5) is 24.2. The molecule has 162 valence electrons. The molecule has 0 radical (unpaired) electrons. The molecule has 2 fully saturated rings. The van der Waals surface area contributed by atoms with Crippen LogP contribution in [0.15, 0.2) is 0 Å². The van der Waals surface area contributed by atoms with Crippen LogP contribution in [0.2, 0.25) is 0 Å². The number of rotatable bonds is 10. The van der Waals surface area contributed by atoms with Crippen molar-refractivity contribution in [1.82, 2.24) is 0 Å². The van der Waals surface area contributed by atoms with Crippen molar-refractivity contribution in [2.24, 2.45) is 35.5 Å². The van der Waals surface area contributed by atoms with Crippen LogP contribution in [0.25, 0.3) is 0 Å². The number of carbonyl (C=O) groups excluding carboxylic acids is 1. The SMILES string of the molecule is CCCCCCCC1CCC(C)C(COC(=O)C2CCC(C)CC2C(=O)O)C1. The van der Waals surface area contributed by atoms with E-state index < -0.39 is 17.8 Å². The fraction of sp³-hybridized carbons (Fsp3) is 0.917. The van der Waals surface area contributed by atoms with Gasteiger partial charge in [-0.15, -0.1) is 0 Å². The highest BCUT2D eigenvalue weighted by Crippen LogP contribution is 2.38. The number of carboxylic acid groups (broad SMARTS) is 1. The quantitative estimate of drug-likeness (QED) is 0.360. The zero-order valence-electron chi connectivity index (χ0n) is 18.3. The Kier molecular flexibility index (Phi) is 9.81. The highest BCUT2D eigenvalue weighted by molar-refractivity contribution is 5.81. The third-order valence-electron chi connectivity index (χ3n) is 7.36. The lowest BCUT2D eigenvalue weighted by Crippen LogP contribution is -2.37. The number of aliphatic carboxylic acids is 1. The van der Waals surface area contributed by atoms with E-state index in [1.807, 2.05) is 0 Å². The highest BCUT2D eigenvalue weighted by atomic mass is 16.5. The van der Waals surface area contributed by atoms with E-state index in [9.17, 15) is 14.7 Å². The van der Waals surface area contributed by atoms with Gasteiger partial charge in [0.1, 0.15) is 0 Å². The first kappa shape index (κ1) is 23.2. The summed E-state index contributed by atoms with van der Waals surface area (Å²) in [6.45, 7) is 7.08. The molecule has 0 saturated heterocycles. The minimum atomic E-state index is -0.845. The van der Waals surface area contributed by atoms with Crippen molar-refractivity contribution in [3.8, 4) is 0 Å². The van der Waals surface area contributed by atoms with Crippen LogP contribution in [0.3, 0.4) is 0 Å². The van der Waals surface area contributed by atoms with E-state index in [-0.39, 0.29) is 5.97 Å². The first-order valence-corrected chi connectivity index (χ1v) is 11.8. The predicted molar refractivity (Wildman–Crippen MR) is 112 cm³/mol. The number of esters is 1. The maximum Gasteiger partial charge on any atom is 0.309 e. The largest absolute Gasteiger partial charge is 0.481 e. The molecule has 4 heteroatoms. The van der Waals surface area contributed by atoms with E-state index in [0.717, 1.165) is 18.8 Å². The van der Waals surface area contributed by atoms with Gasteiger partial charge in [-0.2, -0.15) is 0 Å². The van der Waals surface area contributed by atoms with E-state index in [2.05, 4.69) is 20.8 Å². The number of ether oxygens (including phenoxy) is 1. The zero-order chi connectivity index (χ0) is 20.5. The van der Waals surface area contributed by atoms with E-state index in [0.29, 0.717) is 37.2 Å². The van der Waals surface area contributed by atoms with Crippen molar-refractivity contribution in [1.29, 1.82) is 0 Å². The molecule has 0 aromatic rings. The van der Waals surface area contributed by atoms with Crippen molar-refractivity contribution >= 4 is 11.9 Å². The Labute approximate surface area is 171 Å². The molecule has 2 saturated carbocycles. The van der Waals surface area contributed by atoms with Gasteiger partial charge >= 0.3 is 11.9 Å². The first-order valence-electron chi connectivity index (χ1n) is 11.8. The summed E-state index contributed by atoms with van der Waals surface area (Å²) in [5.74, 6) is 0.0223. The van der Waals surface area contributed by atoms with Crippen LogP contribution >= 0.6 is 0 Å². The molecule has 0 spiro atoms. The Morgan fingerprint density at radius 1 is 0.929 bits per heavy atom. The molecule has 6 atom stereocenters. The van der Waals surface area contributed by atoms with E-state index >= 15 is 0 Å². The molecule has 0 aliphatic heterocycles. The Balaban J connectivity index is 1.77. The van der Waals surface area contributed by atoms with Crippen LogP contribution in [0.5, 0.6) is 0 Å². The average molecular weight is 395 g/mol. The predicted octanol–water partition coefficient (Wildman–Crippen LogP) is 6.08. The standard InChI is InChI=1S/C24H42O4/c1-4-5-6-7-8-9-19-12-11-18(3)20(15-19)16-28-24(27)21-13-10-17(2)14-22(21)23(25)26/h17-22H,4-16H2,1-3H3,(H,25,26). The Morgan fingerprint density at radius 2 is 1.68 bits per heavy atom. The summed E-state index contributed by atoms with van der Waals surface area (Å²) in [6.07, 6.45) is 13.8. The number of hydrogen-bond acceptors (Lipinski definition) is 3. The van der Waals surface area contributed by atoms with Crippen molar-refractivity contribution < 1.29 is 19.4 Å². The Hall–Kier alpha value is -1.06. The lowest BCUT2D eigenvalue weighted by atomic mass is 9.73. The summed E-state index contributed by atoms with van der Waals surface area (Å²) in [6, 6.07) is 0. The molecule has 28 heavy (non-hydrogen) atoms. The van der Waals surface area contributed by atoms with E-state index in [4.69, 9.17) is 4.74 Å². The van der Waals surface area contributed by atoms with Gasteiger partial charge in [0.2, 0.25) is 0 Å². The lowest BCUT2D eigenvalue weighted by Gasteiger charge is -2.35. The van der Waals surface area contributed by atoms with Crippen LogP contribution in [-0.4, -0.2) is 23.7 Å². The second kappa shape index (κ2) is 11.8. The molecule has 2 aliphatic rings. The maximum atomic E-state index is 12.6. The molecule has 0 aromatic heterocycles. The Morgan fingerprint density at radius 3 is 2.39 bits per heavy atom. The van der Waals surface area contributed by atoms with Gasteiger partial charge in [0, 0.05) is 0 Å². The van der Waals surface area contributed by atoms with Gasteiger partial charge in [-0.05, 0) is 49.4 Å². The zero-order valence-corrected chi connectivity index (χ0v) is 18.3. The van der Waals surface area contributed by atoms with Crippen LogP contribution in [0.1, 0.15) is 97.8 Å². The smallest absolute Gasteiger partial charge is 0.309 e. The normalized spacial score (nSPS) is 33.4. The second-order valence-electron chi connectivity index (χ2n) is 9.72. The Bertz CT molecular complexity index is 489. The maximum absolute atomic E-state index is 12.6. The number of carbonyl (C=O) groups is 2. The summed E-state index contributed by atoms with van der Waals surface area (Å²) in [5.41, 5.74) is 0. The van der Waals surface area contributed by atoms with Gasteiger partial charge in [0.15, 0.2) is 0 Å². The number of unbranched alkanes of at least 4 members (excludes halogenated alkanes) is 4. The van der Waals surface area contributed by atoms with Crippen LogP contribution < -0.4 is 0 Å². The molecule has 4 nitrogen and oxygen atoms in total. The minimum absolute atomic E-state index is 0.270. The lowest BCUT2D eigenvalue weighted by molar-refractivity contribution is -0.162. The topological polar surface area (TPSA) is 63.6 Å². The molecule has 6 unspecified atom stereocenters. The molecular weight excluding hydrogens is 352 g/mol. The van der Waals surface area contributed by atoms with Gasteiger partial charge in [0.25, 0.3) is 0 Å². The van der Waals surface area contributed by atoms with Gasteiger partial charge in [-0.25, -0.2) is 0 Å². The molecule has 0 bridgehead atoms. The molecule has 0 heterocycles. The first-order chi connectivity index (χ1) is 13.4. The van der Waals surface area contributed by atoms with E-state index in [1.165, 1.54) is 51.4 Å². The number of carboxylic acids is 1. The molecule has 0 amide bonds. The molecule has 2 aliphatic carbocycles. The van der Waals surface area contributed by atoms with Crippen molar-refractivity contribution in [2.75, 3.05) is 6.61 Å². The molecule has 0 aromatic carbocycles. The second-order valence-corrected chi connectivity index (χ2v) is 9.72. The third kappa shape index (κ3) is 7.08. The summed E-state index contributed by atoms with van der Waals surface area (Å²) in [5, 5.41) is 9.50. The van der Waals surface area contributed by atoms with E-state index in [1.54, 1.807) is 0 Å². The molecular formula is C24H42O4. The summed E-state index contributed by atoms with van der Waals surface area (Å²) >= 11 is 0. The summed E-state index contributed by atoms with van der Waals surface area (Å²) in [7, 11) is 0. The highest BCUT2D eigenvalue weighted by Gasteiger charge is 2.39. The van der Waals surface area contributed by atoms with Crippen LogP contribution in [0.4, 0.5) is 0 Å². The fourth-order valence-corrected chi connectivity index (χ4v) is 5.28. The van der Waals surface area contributed by atoms with Crippen molar-refractivity contribution in [2.45, 2.75) is 97.8 Å². The van der Waals surface area contributed by atoms with Crippen molar-refractivity contribution in [3.63, 3.8) is 0 Å². The molecule has 1 N–H and O–H groups in total. The van der Waals surface area contributed by atoms with Crippen LogP contribution in [-0.2, 0) is 14.3 Å². The number of hydrogen-bond donors (Lipinski definition) is 1. The van der Waals surface area contributed by atoms with Crippen molar-refractivity contribution in [3.05, 3.63) is 0 Å². The fourth-order valence-electron chi connectivity index (χ4n) is 5.28. The van der Waals surface area contributed by atoms with Gasteiger partial charge in [-0.1, -0.05) is 72.1 Å². The summed E-state index contributed by atoms with van der Waals surface area (Å²) < 4.78 is 5.71. The minimum Gasteiger partial charge on any atom is -0.481 e. The molecule has 2 rings (SSSR count). The monoisotopic (exact) mass is 394 g/mol. The van der Waals surface area contributed by atoms with Gasteiger partial charge in [0.05, 0.1) is 18.4 Å². The van der Waals surface area contributed by atoms with Gasteiger partial charge < -0.3 is 9.84 Å².